The zero-order valence-corrected chi connectivity index (χ0v) is 14.4. The third-order valence-corrected chi connectivity index (χ3v) is 4.26. The van der Waals surface area contributed by atoms with Gasteiger partial charge in [-0.15, -0.1) is 0 Å². The number of ether oxygens (including phenoxy) is 2. The monoisotopic (exact) mass is 341 g/mol. The molecule has 25 heavy (non-hydrogen) atoms. The summed E-state index contributed by atoms with van der Waals surface area (Å²) in [6.07, 6.45) is 3.47. The van der Waals surface area contributed by atoms with Crippen molar-refractivity contribution < 1.29 is 14.3 Å². The fourth-order valence-corrected chi connectivity index (χ4v) is 2.88. The Morgan fingerprint density at radius 2 is 1.80 bits per heavy atom. The molecular formula is C19H23N3O3. The molecule has 1 aliphatic rings. The summed E-state index contributed by atoms with van der Waals surface area (Å²) in [6, 6.07) is 11.4. The van der Waals surface area contributed by atoms with Crippen LogP contribution in [0.2, 0.25) is 0 Å². The van der Waals surface area contributed by atoms with E-state index in [0.29, 0.717) is 19.8 Å². The molecule has 0 unspecified atom stereocenters. The van der Waals surface area contributed by atoms with Gasteiger partial charge in [0, 0.05) is 25.5 Å². The van der Waals surface area contributed by atoms with Gasteiger partial charge >= 0.3 is 0 Å². The Morgan fingerprint density at radius 3 is 2.44 bits per heavy atom. The molecule has 1 aromatic heterocycles. The summed E-state index contributed by atoms with van der Waals surface area (Å²) in [6.45, 7) is 3.31. The van der Waals surface area contributed by atoms with Gasteiger partial charge < -0.3 is 14.8 Å². The van der Waals surface area contributed by atoms with Gasteiger partial charge in [-0.05, 0) is 35.4 Å². The topological polar surface area (TPSA) is 63.7 Å². The van der Waals surface area contributed by atoms with E-state index in [0.717, 1.165) is 30.0 Å². The van der Waals surface area contributed by atoms with E-state index in [2.05, 4.69) is 15.2 Å². The molecule has 6 nitrogen and oxygen atoms in total. The number of benzene rings is 1. The molecule has 0 saturated carbocycles. The lowest BCUT2D eigenvalue weighted by Crippen LogP contribution is -2.44. The second-order valence-corrected chi connectivity index (χ2v) is 5.94. The van der Waals surface area contributed by atoms with Crippen molar-refractivity contribution >= 4 is 5.91 Å². The first-order valence-electron chi connectivity index (χ1n) is 8.39. The molecule has 0 radical (unpaired) electrons. The van der Waals surface area contributed by atoms with Crippen LogP contribution in [0, 0.1) is 0 Å². The van der Waals surface area contributed by atoms with E-state index in [1.165, 1.54) is 0 Å². The Balaban J connectivity index is 1.75. The minimum Gasteiger partial charge on any atom is -0.497 e. The number of morpholine rings is 1. The van der Waals surface area contributed by atoms with Crippen molar-refractivity contribution in [2.75, 3.05) is 40.0 Å². The van der Waals surface area contributed by atoms with E-state index in [4.69, 9.17) is 9.47 Å². The first-order chi connectivity index (χ1) is 12.3. The van der Waals surface area contributed by atoms with Gasteiger partial charge in [-0.2, -0.15) is 0 Å². The van der Waals surface area contributed by atoms with Gasteiger partial charge in [0.2, 0.25) is 5.91 Å². The van der Waals surface area contributed by atoms with Crippen molar-refractivity contribution in [2.24, 2.45) is 0 Å². The number of hydrogen-bond acceptors (Lipinski definition) is 5. The molecule has 132 valence electrons. The number of carbonyl (C=O) groups is 1. The summed E-state index contributed by atoms with van der Waals surface area (Å²) in [5.74, 6) is 0.788. The van der Waals surface area contributed by atoms with Crippen LogP contribution in [-0.2, 0) is 9.53 Å². The van der Waals surface area contributed by atoms with E-state index in [-0.39, 0.29) is 11.9 Å². The highest BCUT2D eigenvalue weighted by Gasteiger charge is 2.20. The number of hydrogen-bond donors (Lipinski definition) is 1. The van der Waals surface area contributed by atoms with Crippen LogP contribution >= 0.6 is 0 Å². The summed E-state index contributed by atoms with van der Waals surface area (Å²) >= 11 is 0. The zero-order valence-electron chi connectivity index (χ0n) is 14.4. The van der Waals surface area contributed by atoms with Crippen LogP contribution in [0.4, 0.5) is 0 Å². The molecule has 1 amide bonds. The summed E-state index contributed by atoms with van der Waals surface area (Å²) in [5, 5.41) is 3.14. The number of methoxy groups -OCH3 is 1. The molecule has 6 heteroatoms. The van der Waals surface area contributed by atoms with Gasteiger partial charge in [0.25, 0.3) is 0 Å². The largest absolute Gasteiger partial charge is 0.497 e. The maximum absolute atomic E-state index is 12.6. The summed E-state index contributed by atoms with van der Waals surface area (Å²) in [7, 11) is 1.64. The molecule has 1 atom stereocenters. The molecule has 2 aromatic rings. The average molecular weight is 341 g/mol. The van der Waals surface area contributed by atoms with E-state index >= 15 is 0 Å². The zero-order chi connectivity index (χ0) is 17.5. The molecule has 1 aromatic carbocycles. The fraction of sp³-hybridized carbons (Fsp3) is 0.368. The van der Waals surface area contributed by atoms with Crippen LogP contribution in [0.1, 0.15) is 17.2 Å². The highest BCUT2D eigenvalue weighted by atomic mass is 16.5. The van der Waals surface area contributed by atoms with Crippen LogP contribution in [0.3, 0.4) is 0 Å². The van der Waals surface area contributed by atoms with Crippen LogP contribution in [0.5, 0.6) is 5.75 Å². The lowest BCUT2D eigenvalue weighted by atomic mass is 9.99. The van der Waals surface area contributed by atoms with Gasteiger partial charge in [-0.3, -0.25) is 14.7 Å². The van der Waals surface area contributed by atoms with Gasteiger partial charge in [0.1, 0.15) is 5.75 Å². The van der Waals surface area contributed by atoms with Crippen LogP contribution in [0.15, 0.2) is 48.8 Å². The number of nitrogens with zero attached hydrogens (tertiary/aromatic N) is 2. The maximum atomic E-state index is 12.6. The van der Waals surface area contributed by atoms with E-state index in [9.17, 15) is 4.79 Å². The van der Waals surface area contributed by atoms with E-state index < -0.39 is 0 Å². The number of carbonyl (C=O) groups excluding carboxylic acids is 1. The van der Waals surface area contributed by atoms with Gasteiger partial charge in [-0.25, -0.2) is 0 Å². The molecule has 1 fully saturated rings. The average Bonchev–Trinajstić information content (AvgIpc) is 2.68. The predicted molar refractivity (Wildman–Crippen MR) is 94.5 cm³/mol. The quantitative estimate of drug-likeness (QED) is 0.865. The third kappa shape index (κ3) is 4.78. The second kappa shape index (κ2) is 8.60. The standard InChI is InChI=1S/C19H23N3O3/c1-24-17-4-2-15(3-5-17)19(16-6-8-20-9-7-16)21-18(23)14-22-10-12-25-13-11-22/h2-9,19H,10-14H2,1H3,(H,21,23)/t19-/m0/s1. The fourth-order valence-electron chi connectivity index (χ4n) is 2.88. The number of pyridine rings is 1. The Kier molecular flexibility index (Phi) is 5.98. The smallest absolute Gasteiger partial charge is 0.234 e. The lowest BCUT2D eigenvalue weighted by Gasteiger charge is -2.27. The molecule has 1 N–H and O–H groups in total. The normalized spacial score (nSPS) is 16.2. The molecule has 1 aliphatic heterocycles. The Labute approximate surface area is 147 Å². The van der Waals surface area contributed by atoms with Gasteiger partial charge in [0.05, 0.1) is 32.9 Å². The molecule has 0 bridgehead atoms. The summed E-state index contributed by atoms with van der Waals surface area (Å²) in [5.41, 5.74) is 2.00. The highest BCUT2D eigenvalue weighted by Crippen LogP contribution is 2.23. The first kappa shape index (κ1) is 17.4. The number of aromatic nitrogens is 1. The van der Waals surface area contributed by atoms with Crippen molar-refractivity contribution in [1.29, 1.82) is 0 Å². The molecular weight excluding hydrogens is 318 g/mol. The number of rotatable bonds is 6. The minimum absolute atomic E-state index is 0.000435. The van der Waals surface area contributed by atoms with Crippen LogP contribution in [0.25, 0.3) is 0 Å². The number of nitrogens with one attached hydrogen (secondary N) is 1. The van der Waals surface area contributed by atoms with Crippen molar-refractivity contribution in [2.45, 2.75) is 6.04 Å². The SMILES string of the molecule is COc1ccc([C@H](NC(=O)CN2CCOCC2)c2ccncc2)cc1. The van der Waals surface area contributed by atoms with Gasteiger partial charge in [0.15, 0.2) is 0 Å². The predicted octanol–water partition coefficient (Wildman–Crippen LogP) is 1.63. The Hall–Kier alpha value is -2.44. The first-order valence-corrected chi connectivity index (χ1v) is 8.39. The van der Waals surface area contributed by atoms with Gasteiger partial charge in [-0.1, -0.05) is 12.1 Å². The lowest BCUT2D eigenvalue weighted by molar-refractivity contribution is -0.123. The van der Waals surface area contributed by atoms with Crippen molar-refractivity contribution in [1.82, 2.24) is 15.2 Å². The minimum atomic E-state index is -0.220. The highest BCUT2D eigenvalue weighted by molar-refractivity contribution is 5.79. The summed E-state index contributed by atoms with van der Waals surface area (Å²) in [4.78, 5) is 18.7. The van der Waals surface area contributed by atoms with Crippen molar-refractivity contribution in [3.8, 4) is 5.75 Å². The summed E-state index contributed by atoms with van der Waals surface area (Å²) < 4.78 is 10.6. The second-order valence-electron chi connectivity index (χ2n) is 5.94. The molecule has 3 rings (SSSR count). The van der Waals surface area contributed by atoms with Crippen molar-refractivity contribution in [3.05, 3.63) is 59.9 Å². The molecule has 2 heterocycles. The van der Waals surface area contributed by atoms with Crippen molar-refractivity contribution in [3.63, 3.8) is 0 Å². The Morgan fingerprint density at radius 1 is 1.16 bits per heavy atom. The number of amides is 1. The maximum Gasteiger partial charge on any atom is 0.234 e. The van der Waals surface area contributed by atoms with Crippen LogP contribution in [-0.4, -0.2) is 55.7 Å². The molecule has 1 saturated heterocycles. The third-order valence-electron chi connectivity index (χ3n) is 4.26. The molecule has 0 spiro atoms. The van der Waals surface area contributed by atoms with Crippen LogP contribution < -0.4 is 10.1 Å². The van der Waals surface area contributed by atoms with E-state index in [1.807, 2.05) is 36.4 Å². The Bertz CT molecular complexity index is 670. The molecule has 0 aliphatic carbocycles. The van der Waals surface area contributed by atoms with E-state index in [1.54, 1.807) is 19.5 Å².